The van der Waals surface area contributed by atoms with Gasteiger partial charge in [-0.05, 0) is 20.0 Å². The van der Waals surface area contributed by atoms with Crippen molar-refractivity contribution in [2.45, 2.75) is 6.92 Å². The van der Waals surface area contributed by atoms with E-state index in [1.54, 1.807) is 21.2 Å². The van der Waals surface area contributed by atoms with Crippen LogP contribution in [-0.4, -0.2) is 56.9 Å². The number of nitrogens with zero attached hydrogens (tertiary/aromatic N) is 6. The van der Waals surface area contributed by atoms with E-state index in [1.807, 2.05) is 13.1 Å². The number of anilines is 1. The molecule has 0 spiro atoms. The highest BCUT2D eigenvalue weighted by Gasteiger charge is 2.18. The Balaban J connectivity index is 1.58. The van der Waals surface area contributed by atoms with E-state index >= 15 is 0 Å². The van der Waals surface area contributed by atoms with E-state index in [-0.39, 0.29) is 11.2 Å². The smallest absolute Gasteiger partial charge is 0.259 e. The van der Waals surface area contributed by atoms with Gasteiger partial charge in [0, 0.05) is 56.4 Å². The minimum atomic E-state index is -0.433. The minimum absolute atomic E-state index is 0.168. The monoisotopic (exact) mass is 398 g/mol. The molecule has 5 rings (SSSR count). The molecule has 9 heteroatoms. The largest absolute Gasteiger partial charge is 0.360 e. The second kappa shape index (κ2) is 6.39. The van der Waals surface area contributed by atoms with Crippen molar-refractivity contribution in [1.29, 1.82) is 0 Å². The Hall–Kier alpha value is -2.78. The molecule has 7 nitrogen and oxygen atoms in total. The van der Waals surface area contributed by atoms with Crippen molar-refractivity contribution < 1.29 is 4.39 Å². The van der Waals surface area contributed by atoms with E-state index in [9.17, 15) is 9.18 Å². The van der Waals surface area contributed by atoms with Crippen LogP contribution in [0, 0.1) is 12.7 Å². The Kier molecular flexibility index (Phi) is 3.95. The van der Waals surface area contributed by atoms with Gasteiger partial charge in [0.2, 0.25) is 0 Å². The van der Waals surface area contributed by atoms with Crippen molar-refractivity contribution >= 4 is 26.9 Å². The molecule has 0 aromatic carbocycles. The molecule has 0 atom stereocenters. The molecule has 144 valence electrons. The van der Waals surface area contributed by atoms with E-state index in [0.29, 0.717) is 16.2 Å². The number of halogens is 1. The van der Waals surface area contributed by atoms with Crippen molar-refractivity contribution in [2.24, 2.45) is 0 Å². The number of likely N-dealkylation sites (N-methyl/N-ethyl adjacent to an activating group) is 1. The zero-order valence-corrected chi connectivity index (χ0v) is 16.4. The second-order valence-corrected chi connectivity index (χ2v) is 8.17. The number of pyridine rings is 1. The summed E-state index contributed by atoms with van der Waals surface area (Å²) in [6.45, 7) is 5.64. The van der Waals surface area contributed by atoms with Crippen molar-refractivity contribution in [1.82, 2.24) is 23.7 Å². The van der Waals surface area contributed by atoms with Crippen LogP contribution in [0.5, 0.6) is 0 Å². The number of hydrogen-bond donors (Lipinski definition) is 0. The molecule has 5 heterocycles. The van der Waals surface area contributed by atoms with Gasteiger partial charge in [-0.25, -0.2) is 14.4 Å². The first-order valence-corrected chi connectivity index (χ1v) is 9.91. The van der Waals surface area contributed by atoms with Gasteiger partial charge in [-0.2, -0.15) is 0 Å². The van der Waals surface area contributed by atoms with Crippen LogP contribution in [0.4, 0.5) is 9.39 Å². The number of piperazine rings is 1. The van der Waals surface area contributed by atoms with Gasteiger partial charge in [0.15, 0.2) is 16.4 Å². The van der Waals surface area contributed by atoms with Gasteiger partial charge in [0.1, 0.15) is 5.00 Å². The summed E-state index contributed by atoms with van der Waals surface area (Å²) in [7, 11) is 2.11. The lowest BCUT2D eigenvalue weighted by atomic mass is 10.2. The topological polar surface area (TPSA) is 58.2 Å². The summed E-state index contributed by atoms with van der Waals surface area (Å²) in [4.78, 5) is 26.6. The van der Waals surface area contributed by atoms with Crippen LogP contribution in [0.3, 0.4) is 0 Å². The fraction of sp³-hybridized carbons (Fsp3) is 0.316. The van der Waals surface area contributed by atoms with E-state index in [4.69, 9.17) is 0 Å². The van der Waals surface area contributed by atoms with E-state index in [1.165, 1.54) is 23.5 Å². The SMILES string of the molecule is Cc1cn2cc(-c3cc(=O)n4cc(N5CCN(C)CC5)sc4n3)cc(F)c2n1. The molecule has 0 radical (unpaired) electrons. The first-order chi connectivity index (χ1) is 13.5. The third-order valence-electron chi connectivity index (χ3n) is 5.09. The van der Waals surface area contributed by atoms with Crippen molar-refractivity contribution in [3.8, 4) is 11.3 Å². The molecule has 1 fully saturated rings. The van der Waals surface area contributed by atoms with Gasteiger partial charge in [-0.3, -0.25) is 9.20 Å². The molecule has 28 heavy (non-hydrogen) atoms. The number of thiazole rings is 1. The number of fused-ring (bicyclic) bond motifs is 2. The highest BCUT2D eigenvalue weighted by Crippen LogP contribution is 2.27. The summed E-state index contributed by atoms with van der Waals surface area (Å²) in [6.07, 6.45) is 5.36. The summed E-state index contributed by atoms with van der Waals surface area (Å²) in [5.74, 6) is -0.433. The summed E-state index contributed by atoms with van der Waals surface area (Å²) < 4.78 is 17.6. The van der Waals surface area contributed by atoms with Crippen molar-refractivity contribution in [3.05, 3.63) is 52.6 Å². The first-order valence-electron chi connectivity index (χ1n) is 9.10. The van der Waals surface area contributed by atoms with Crippen LogP contribution in [0.1, 0.15) is 5.69 Å². The lowest BCUT2D eigenvalue weighted by molar-refractivity contribution is 0.313. The molecule has 0 saturated carbocycles. The Morgan fingerprint density at radius 3 is 2.64 bits per heavy atom. The number of aromatic nitrogens is 4. The molecule has 0 unspecified atom stereocenters. The lowest BCUT2D eigenvalue weighted by Gasteiger charge is -2.32. The quantitative estimate of drug-likeness (QED) is 0.519. The average molecular weight is 398 g/mol. The summed E-state index contributed by atoms with van der Waals surface area (Å²) in [5, 5.41) is 1.03. The second-order valence-electron chi connectivity index (χ2n) is 7.18. The van der Waals surface area contributed by atoms with Gasteiger partial charge in [0.25, 0.3) is 5.56 Å². The molecule has 4 aromatic heterocycles. The third-order valence-corrected chi connectivity index (χ3v) is 6.14. The Labute approximate surface area is 164 Å². The molecular weight excluding hydrogens is 379 g/mol. The predicted octanol–water partition coefficient (Wildman–Crippen LogP) is 2.27. The number of rotatable bonds is 2. The van der Waals surface area contributed by atoms with E-state index in [2.05, 4.69) is 26.8 Å². The molecular formula is C19H19FN6OS. The molecule has 0 bridgehead atoms. The van der Waals surface area contributed by atoms with Crippen LogP contribution in [-0.2, 0) is 0 Å². The maximum Gasteiger partial charge on any atom is 0.259 e. The van der Waals surface area contributed by atoms with Crippen LogP contribution in [0.15, 0.2) is 35.5 Å². The number of hydrogen-bond acceptors (Lipinski definition) is 6. The standard InChI is InChI=1S/C19H19FN6OS/c1-12-9-25-10-13(7-14(20)18(25)21-12)15-8-16(27)26-11-17(28-19(26)22-15)24-5-3-23(2)4-6-24/h7-11H,3-6H2,1-2H3. The van der Waals surface area contributed by atoms with E-state index in [0.717, 1.165) is 36.9 Å². The zero-order chi connectivity index (χ0) is 19.4. The van der Waals surface area contributed by atoms with Crippen LogP contribution < -0.4 is 10.5 Å². The molecule has 0 aliphatic carbocycles. The van der Waals surface area contributed by atoms with Gasteiger partial charge in [-0.15, -0.1) is 0 Å². The highest BCUT2D eigenvalue weighted by molar-refractivity contribution is 7.20. The summed E-state index contributed by atoms with van der Waals surface area (Å²) in [5.41, 5.74) is 1.85. The van der Waals surface area contributed by atoms with Gasteiger partial charge in [0.05, 0.1) is 11.4 Å². The Bertz CT molecular complexity index is 1250. The molecule has 1 saturated heterocycles. The fourth-order valence-electron chi connectivity index (χ4n) is 3.53. The summed E-state index contributed by atoms with van der Waals surface area (Å²) >= 11 is 1.49. The van der Waals surface area contributed by atoms with Gasteiger partial charge in [-0.1, -0.05) is 11.3 Å². The number of aryl methyl sites for hydroxylation is 1. The Morgan fingerprint density at radius 2 is 1.86 bits per heavy atom. The van der Waals surface area contributed by atoms with Crippen LogP contribution >= 0.6 is 11.3 Å². The van der Waals surface area contributed by atoms with Gasteiger partial charge >= 0.3 is 0 Å². The molecule has 1 aliphatic rings. The molecule has 0 N–H and O–H groups in total. The molecule has 0 amide bonds. The molecule has 1 aliphatic heterocycles. The van der Waals surface area contributed by atoms with Crippen molar-refractivity contribution in [3.63, 3.8) is 0 Å². The maximum absolute atomic E-state index is 14.4. The van der Waals surface area contributed by atoms with Crippen LogP contribution in [0.25, 0.3) is 21.9 Å². The minimum Gasteiger partial charge on any atom is -0.360 e. The van der Waals surface area contributed by atoms with Crippen molar-refractivity contribution in [2.75, 3.05) is 38.1 Å². The summed E-state index contributed by atoms with van der Waals surface area (Å²) in [6, 6.07) is 2.84. The van der Waals surface area contributed by atoms with E-state index < -0.39 is 5.82 Å². The van der Waals surface area contributed by atoms with Crippen LogP contribution in [0.2, 0.25) is 0 Å². The fourth-order valence-corrected chi connectivity index (χ4v) is 4.57. The average Bonchev–Trinajstić information content (AvgIpc) is 3.26. The third kappa shape index (κ3) is 2.87. The Morgan fingerprint density at radius 1 is 1.07 bits per heavy atom. The molecule has 4 aromatic rings. The number of imidazole rings is 1. The normalized spacial score (nSPS) is 15.8. The maximum atomic E-state index is 14.4. The lowest BCUT2D eigenvalue weighted by Crippen LogP contribution is -2.44. The first kappa shape index (κ1) is 17.3. The zero-order valence-electron chi connectivity index (χ0n) is 15.6. The highest BCUT2D eigenvalue weighted by atomic mass is 32.1. The van der Waals surface area contributed by atoms with Gasteiger partial charge < -0.3 is 14.2 Å². The predicted molar refractivity (Wildman–Crippen MR) is 108 cm³/mol.